The highest BCUT2D eigenvalue weighted by molar-refractivity contribution is 5.81. The largest absolute Gasteiger partial charge is 0.480 e. The molecule has 6 heteroatoms. The number of para-hydroxylation sites is 1. The van der Waals surface area contributed by atoms with Crippen LogP contribution in [-0.2, 0) is 4.79 Å². The van der Waals surface area contributed by atoms with Crippen molar-refractivity contribution in [1.82, 2.24) is 0 Å². The van der Waals surface area contributed by atoms with Crippen LogP contribution in [0.25, 0.3) is 0 Å². The Balaban J connectivity index is 2.48. The lowest BCUT2D eigenvalue weighted by atomic mass is 10.1. The van der Waals surface area contributed by atoms with Crippen LogP contribution in [0.5, 0.6) is 0 Å². The molecule has 1 aliphatic heterocycles. The van der Waals surface area contributed by atoms with E-state index in [0.29, 0.717) is 24.2 Å². The van der Waals surface area contributed by atoms with Crippen LogP contribution in [0.4, 0.5) is 11.4 Å². The van der Waals surface area contributed by atoms with E-state index in [0.717, 1.165) is 6.42 Å². The van der Waals surface area contributed by atoms with Crippen molar-refractivity contribution in [1.29, 1.82) is 0 Å². The molecular formula is C12H14N2O4. The Kier molecular flexibility index (Phi) is 3.18. The molecule has 0 amide bonds. The standard InChI is InChI=1S/C12H14N2O4/c1-8-4-2-5-9(11(8)14(17)18)13-7-3-6-10(13)12(15)16/h2,4-5,10H,3,6-7H2,1H3,(H,15,16). The smallest absolute Gasteiger partial charge is 0.326 e. The Labute approximate surface area is 104 Å². The molecule has 1 aromatic rings. The van der Waals surface area contributed by atoms with E-state index in [1.54, 1.807) is 30.0 Å². The van der Waals surface area contributed by atoms with Crippen LogP contribution in [-0.4, -0.2) is 28.6 Å². The third-order valence-corrected chi connectivity index (χ3v) is 3.25. The van der Waals surface area contributed by atoms with Gasteiger partial charge in [0.05, 0.1) is 4.92 Å². The van der Waals surface area contributed by atoms with E-state index >= 15 is 0 Å². The number of benzene rings is 1. The maximum absolute atomic E-state index is 11.1. The van der Waals surface area contributed by atoms with Gasteiger partial charge in [-0.2, -0.15) is 0 Å². The van der Waals surface area contributed by atoms with Gasteiger partial charge in [0, 0.05) is 12.1 Å². The van der Waals surface area contributed by atoms with E-state index in [9.17, 15) is 14.9 Å². The van der Waals surface area contributed by atoms with Crippen LogP contribution in [0.3, 0.4) is 0 Å². The summed E-state index contributed by atoms with van der Waals surface area (Å²) in [6.07, 6.45) is 1.27. The Morgan fingerprint density at radius 3 is 2.89 bits per heavy atom. The first-order chi connectivity index (χ1) is 8.52. The van der Waals surface area contributed by atoms with Gasteiger partial charge in [0.25, 0.3) is 5.69 Å². The first kappa shape index (κ1) is 12.3. The zero-order valence-corrected chi connectivity index (χ0v) is 10.00. The Morgan fingerprint density at radius 1 is 1.56 bits per heavy atom. The minimum atomic E-state index is -0.927. The van der Waals surface area contributed by atoms with Gasteiger partial charge in [-0.15, -0.1) is 0 Å². The van der Waals surface area contributed by atoms with Crippen molar-refractivity contribution in [2.75, 3.05) is 11.4 Å². The molecule has 1 unspecified atom stereocenters. The van der Waals surface area contributed by atoms with Crippen molar-refractivity contribution in [3.63, 3.8) is 0 Å². The number of carbonyl (C=O) groups is 1. The molecule has 1 fully saturated rings. The molecule has 1 N–H and O–H groups in total. The predicted octanol–water partition coefficient (Wildman–Crippen LogP) is 1.96. The third-order valence-electron chi connectivity index (χ3n) is 3.25. The molecule has 1 saturated heterocycles. The van der Waals surface area contributed by atoms with Crippen molar-refractivity contribution in [3.8, 4) is 0 Å². The molecule has 0 spiro atoms. The highest BCUT2D eigenvalue weighted by atomic mass is 16.6. The second-order valence-electron chi connectivity index (χ2n) is 4.39. The zero-order valence-electron chi connectivity index (χ0n) is 10.00. The second-order valence-corrected chi connectivity index (χ2v) is 4.39. The van der Waals surface area contributed by atoms with E-state index < -0.39 is 16.9 Å². The fourth-order valence-corrected chi connectivity index (χ4v) is 2.42. The summed E-state index contributed by atoms with van der Waals surface area (Å²) in [6.45, 7) is 2.20. The van der Waals surface area contributed by atoms with Gasteiger partial charge in [0.1, 0.15) is 11.7 Å². The molecule has 1 aliphatic rings. The number of nitrogens with zero attached hydrogens (tertiary/aromatic N) is 2. The molecule has 1 heterocycles. The number of aryl methyl sites for hydroxylation is 1. The molecule has 2 rings (SSSR count). The minimum Gasteiger partial charge on any atom is -0.480 e. The van der Waals surface area contributed by atoms with Gasteiger partial charge in [-0.05, 0) is 25.8 Å². The minimum absolute atomic E-state index is 0.00523. The number of carboxylic acids is 1. The molecule has 18 heavy (non-hydrogen) atoms. The molecule has 6 nitrogen and oxygen atoms in total. The highest BCUT2D eigenvalue weighted by Gasteiger charge is 2.34. The van der Waals surface area contributed by atoms with E-state index in [-0.39, 0.29) is 5.69 Å². The van der Waals surface area contributed by atoms with Gasteiger partial charge in [-0.1, -0.05) is 12.1 Å². The van der Waals surface area contributed by atoms with Gasteiger partial charge in [-0.25, -0.2) is 4.79 Å². The number of nitro benzene ring substituents is 1. The first-order valence-corrected chi connectivity index (χ1v) is 5.76. The number of hydrogen-bond acceptors (Lipinski definition) is 4. The van der Waals surface area contributed by atoms with Crippen molar-refractivity contribution in [2.24, 2.45) is 0 Å². The number of hydrogen-bond donors (Lipinski definition) is 1. The van der Waals surface area contributed by atoms with E-state index in [1.165, 1.54) is 0 Å². The molecule has 0 radical (unpaired) electrons. The van der Waals surface area contributed by atoms with Gasteiger partial charge >= 0.3 is 5.97 Å². The SMILES string of the molecule is Cc1cccc(N2CCCC2C(=O)O)c1[N+](=O)[O-]. The summed E-state index contributed by atoms with van der Waals surface area (Å²) >= 11 is 0. The van der Waals surface area contributed by atoms with E-state index in [2.05, 4.69) is 0 Å². The Bertz CT molecular complexity index is 501. The van der Waals surface area contributed by atoms with Crippen molar-refractivity contribution in [3.05, 3.63) is 33.9 Å². The fraction of sp³-hybridized carbons (Fsp3) is 0.417. The number of rotatable bonds is 3. The molecule has 1 aromatic carbocycles. The van der Waals surface area contributed by atoms with Crippen LogP contribution in [0.2, 0.25) is 0 Å². The third kappa shape index (κ3) is 2.01. The summed E-state index contributed by atoms with van der Waals surface area (Å²) in [7, 11) is 0. The Hall–Kier alpha value is -2.11. The molecule has 0 bridgehead atoms. The highest BCUT2D eigenvalue weighted by Crippen LogP contribution is 2.35. The molecule has 0 aliphatic carbocycles. The van der Waals surface area contributed by atoms with Crippen molar-refractivity contribution >= 4 is 17.3 Å². The summed E-state index contributed by atoms with van der Waals surface area (Å²) in [6, 6.07) is 4.33. The number of aliphatic carboxylic acids is 1. The molecule has 0 aromatic heterocycles. The van der Waals surface area contributed by atoms with Crippen LogP contribution in [0.15, 0.2) is 18.2 Å². The number of carboxylic acid groups (broad SMARTS) is 1. The number of nitro groups is 1. The molecule has 96 valence electrons. The van der Waals surface area contributed by atoms with Gasteiger partial charge < -0.3 is 10.0 Å². The summed E-state index contributed by atoms with van der Waals surface area (Å²) < 4.78 is 0. The van der Waals surface area contributed by atoms with Crippen molar-refractivity contribution in [2.45, 2.75) is 25.8 Å². The summed E-state index contributed by atoms with van der Waals surface area (Å²) in [5, 5.41) is 20.2. The summed E-state index contributed by atoms with van der Waals surface area (Å²) in [5.41, 5.74) is 0.962. The van der Waals surface area contributed by atoms with Crippen LogP contribution in [0, 0.1) is 17.0 Å². The van der Waals surface area contributed by atoms with Crippen LogP contribution in [0.1, 0.15) is 18.4 Å². The lowest BCUT2D eigenvalue weighted by Gasteiger charge is -2.23. The lowest BCUT2D eigenvalue weighted by Crippen LogP contribution is -2.36. The van der Waals surface area contributed by atoms with Gasteiger partial charge in [0.2, 0.25) is 0 Å². The van der Waals surface area contributed by atoms with E-state index in [1.807, 2.05) is 0 Å². The topological polar surface area (TPSA) is 83.7 Å². The molecule has 0 saturated carbocycles. The van der Waals surface area contributed by atoms with Crippen LogP contribution < -0.4 is 4.90 Å². The lowest BCUT2D eigenvalue weighted by molar-refractivity contribution is -0.384. The number of anilines is 1. The maximum Gasteiger partial charge on any atom is 0.326 e. The monoisotopic (exact) mass is 250 g/mol. The van der Waals surface area contributed by atoms with Gasteiger partial charge in [-0.3, -0.25) is 10.1 Å². The predicted molar refractivity (Wildman–Crippen MR) is 65.8 cm³/mol. The van der Waals surface area contributed by atoms with Gasteiger partial charge in [0.15, 0.2) is 0 Å². The first-order valence-electron chi connectivity index (χ1n) is 5.76. The fourth-order valence-electron chi connectivity index (χ4n) is 2.42. The average Bonchev–Trinajstić information content (AvgIpc) is 2.76. The average molecular weight is 250 g/mol. The summed E-state index contributed by atoms with van der Waals surface area (Å²) in [4.78, 5) is 23.4. The quantitative estimate of drug-likeness (QED) is 0.654. The van der Waals surface area contributed by atoms with E-state index in [4.69, 9.17) is 5.11 Å². The normalized spacial score (nSPS) is 18.9. The van der Waals surface area contributed by atoms with Crippen LogP contribution >= 0.6 is 0 Å². The maximum atomic E-state index is 11.1. The summed E-state index contributed by atoms with van der Waals surface area (Å²) in [5.74, 6) is -0.927. The zero-order chi connectivity index (χ0) is 13.3. The Morgan fingerprint density at radius 2 is 2.28 bits per heavy atom. The second kappa shape index (κ2) is 4.64. The molecule has 1 atom stereocenters. The van der Waals surface area contributed by atoms with Crippen molar-refractivity contribution < 1.29 is 14.8 Å². The molecular weight excluding hydrogens is 236 g/mol.